The van der Waals surface area contributed by atoms with Crippen molar-refractivity contribution in [3.63, 3.8) is 0 Å². The average Bonchev–Trinajstić information content (AvgIpc) is 2.52. The maximum Gasteiger partial charge on any atom is 0.254 e. The molecule has 110 valence electrons. The lowest BCUT2D eigenvalue weighted by Crippen LogP contribution is -2.37. The van der Waals surface area contributed by atoms with Crippen LogP contribution < -0.4 is 10.2 Å². The monoisotopic (exact) mass is 280 g/mol. The number of methoxy groups -OCH3 is 1. The van der Waals surface area contributed by atoms with Crippen LogP contribution in [0.3, 0.4) is 0 Å². The van der Waals surface area contributed by atoms with Gasteiger partial charge in [-0.1, -0.05) is 0 Å². The first-order chi connectivity index (χ1) is 9.81. The van der Waals surface area contributed by atoms with E-state index in [-0.39, 0.29) is 5.91 Å². The highest BCUT2D eigenvalue weighted by molar-refractivity contribution is 5.93. The summed E-state index contributed by atoms with van der Waals surface area (Å²) in [4.78, 5) is 22.4. The lowest BCUT2D eigenvalue weighted by atomic mass is 10.3. The van der Waals surface area contributed by atoms with Crippen LogP contribution in [0.2, 0.25) is 0 Å². The van der Waals surface area contributed by atoms with Crippen molar-refractivity contribution in [3.05, 3.63) is 18.0 Å². The summed E-state index contributed by atoms with van der Waals surface area (Å²) in [5, 5.41) is 2.80. The number of hydrogen-bond acceptors (Lipinski definition) is 6. The number of amides is 1. The molecule has 7 nitrogen and oxygen atoms in total. The summed E-state index contributed by atoms with van der Waals surface area (Å²) >= 11 is 0. The molecule has 1 aromatic heterocycles. The van der Waals surface area contributed by atoms with Gasteiger partial charge in [0.15, 0.2) is 0 Å². The third kappa shape index (κ3) is 4.14. The number of anilines is 1. The summed E-state index contributed by atoms with van der Waals surface area (Å²) in [5.74, 6) is 0.485. The molecule has 1 aromatic rings. The fourth-order valence-corrected chi connectivity index (χ4v) is 1.89. The zero-order valence-corrected chi connectivity index (χ0v) is 11.7. The Bertz CT molecular complexity index is 418. The van der Waals surface area contributed by atoms with Crippen LogP contribution in [-0.2, 0) is 9.47 Å². The molecule has 1 N–H and O–H groups in total. The minimum Gasteiger partial charge on any atom is -0.385 e. The van der Waals surface area contributed by atoms with E-state index in [4.69, 9.17) is 9.47 Å². The first-order valence-corrected chi connectivity index (χ1v) is 6.73. The molecule has 0 bridgehead atoms. The van der Waals surface area contributed by atoms with E-state index in [1.54, 1.807) is 19.5 Å². The van der Waals surface area contributed by atoms with Gasteiger partial charge in [-0.3, -0.25) is 4.79 Å². The Morgan fingerprint density at radius 3 is 2.75 bits per heavy atom. The minimum absolute atomic E-state index is 0.158. The van der Waals surface area contributed by atoms with Crippen LogP contribution in [0.25, 0.3) is 0 Å². The fourth-order valence-electron chi connectivity index (χ4n) is 1.89. The molecule has 0 aliphatic carbocycles. The third-order valence-electron chi connectivity index (χ3n) is 3.01. The number of carbonyl (C=O) groups is 1. The fraction of sp³-hybridized carbons (Fsp3) is 0.615. The molecule has 7 heteroatoms. The predicted molar refractivity (Wildman–Crippen MR) is 73.9 cm³/mol. The van der Waals surface area contributed by atoms with Gasteiger partial charge in [0.05, 0.1) is 18.8 Å². The van der Waals surface area contributed by atoms with Gasteiger partial charge in [0, 0.05) is 45.7 Å². The summed E-state index contributed by atoms with van der Waals surface area (Å²) in [5.41, 5.74) is 0.472. The van der Waals surface area contributed by atoms with Gasteiger partial charge >= 0.3 is 0 Å². The van der Waals surface area contributed by atoms with Gasteiger partial charge in [0.2, 0.25) is 5.95 Å². The molecule has 2 rings (SSSR count). The molecule has 0 aromatic carbocycles. The van der Waals surface area contributed by atoms with Crippen LogP contribution in [0.1, 0.15) is 16.8 Å². The number of aromatic nitrogens is 2. The molecule has 1 aliphatic heterocycles. The molecule has 1 aliphatic rings. The van der Waals surface area contributed by atoms with Crippen LogP contribution in [0.5, 0.6) is 0 Å². The lowest BCUT2D eigenvalue weighted by Gasteiger charge is -2.26. The van der Waals surface area contributed by atoms with Crippen molar-refractivity contribution in [1.82, 2.24) is 15.3 Å². The second-order valence-electron chi connectivity index (χ2n) is 4.47. The smallest absolute Gasteiger partial charge is 0.254 e. The van der Waals surface area contributed by atoms with Gasteiger partial charge < -0.3 is 19.7 Å². The molecule has 0 spiro atoms. The second kappa shape index (κ2) is 7.76. The SMILES string of the molecule is COCCCNC(=O)c1cnc(N2CCOCC2)nc1. The van der Waals surface area contributed by atoms with Crippen LogP contribution in [-0.4, -0.2) is 62.4 Å². The zero-order valence-electron chi connectivity index (χ0n) is 11.7. The molecule has 2 heterocycles. The quantitative estimate of drug-likeness (QED) is 0.744. The topological polar surface area (TPSA) is 76.6 Å². The van der Waals surface area contributed by atoms with Crippen LogP contribution >= 0.6 is 0 Å². The number of rotatable bonds is 6. The van der Waals surface area contributed by atoms with Gasteiger partial charge in [-0.2, -0.15) is 0 Å². The lowest BCUT2D eigenvalue weighted by molar-refractivity contribution is 0.0947. The molecular formula is C13H20N4O3. The second-order valence-corrected chi connectivity index (χ2v) is 4.47. The number of carbonyl (C=O) groups excluding carboxylic acids is 1. The summed E-state index contributed by atoms with van der Waals surface area (Å²) in [6.07, 6.45) is 3.90. The van der Waals surface area contributed by atoms with E-state index >= 15 is 0 Å². The highest BCUT2D eigenvalue weighted by atomic mass is 16.5. The van der Waals surface area contributed by atoms with Gasteiger partial charge in [0.1, 0.15) is 0 Å². The van der Waals surface area contributed by atoms with Crippen LogP contribution in [0.15, 0.2) is 12.4 Å². The van der Waals surface area contributed by atoms with E-state index in [1.165, 1.54) is 0 Å². The van der Waals surface area contributed by atoms with Gasteiger partial charge in [-0.05, 0) is 6.42 Å². The molecule has 1 saturated heterocycles. The van der Waals surface area contributed by atoms with Crippen LogP contribution in [0.4, 0.5) is 5.95 Å². The normalized spacial score (nSPS) is 15.2. The minimum atomic E-state index is -0.158. The number of morpholine rings is 1. The highest BCUT2D eigenvalue weighted by Gasteiger charge is 2.14. The highest BCUT2D eigenvalue weighted by Crippen LogP contribution is 2.09. The maximum absolute atomic E-state index is 11.8. The van der Waals surface area contributed by atoms with Crippen molar-refractivity contribution >= 4 is 11.9 Å². The zero-order chi connectivity index (χ0) is 14.2. The summed E-state index contributed by atoms with van der Waals surface area (Å²) in [6.45, 7) is 4.14. The predicted octanol–water partition coefficient (Wildman–Crippen LogP) is 0.0795. The Balaban J connectivity index is 1.85. The van der Waals surface area contributed by atoms with Crippen molar-refractivity contribution in [2.24, 2.45) is 0 Å². The third-order valence-corrected chi connectivity index (χ3v) is 3.01. The van der Waals surface area contributed by atoms with Crippen LogP contribution in [0, 0.1) is 0 Å². The first-order valence-electron chi connectivity index (χ1n) is 6.73. The summed E-state index contributed by atoms with van der Waals surface area (Å²) < 4.78 is 10.2. The van der Waals surface area contributed by atoms with E-state index in [9.17, 15) is 4.79 Å². The van der Waals surface area contributed by atoms with Gasteiger partial charge in [-0.15, -0.1) is 0 Å². The van der Waals surface area contributed by atoms with E-state index in [0.29, 0.717) is 37.9 Å². The molecular weight excluding hydrogens is 260 g/mol. The largest absolute Gasteiger partial charge is 0.385 e. The van der Waals surface area contributed by atoms with E-state index < -0.39 is 0 Å². The van der Waals surface area contributed by atoms with Crippen molar-refractivity contribution in [2.45, 2.75) is 6.42 Å². The van der Waals surface area contributed by atoms with Gasteiger partial charge in [-0.25, -0.2) is 9.97 Å². The van der Waals surface area contributed by atoms with Crippen molar-refractivity contribution in [1.29, 1.82) is 0 Å². The molecule has 20 heavy (non-hydrogen) atoms. The van der Waals surface area contributed by atoms with Gasteiger partial charge in [0.25, 0.3) is 5.91 Å². The maximum atomic E-state index is 11.8. The average molecular weight is 280 g/mol. The van der Waals surface area contributed by atoms with Crippen molar-refractivity contribution in [2.75, 3.05) is 51.5 Å². The standard InChI is InChI=1S/C13H20N4O3/c1-19-6-2-3-14-12(18)11-9-15-13(16-10-11)17-4-7-20-8-5-17/h9-10H,2-8H2,1H3,(H,14,18). The number of ether oxygens (including phenoxy) is 2. The van der Waals surface area contributed by atoms with E-state index in [1.807, 2.05) is 4.90 Å². The molecule has 1 fully saturated rings. The Hall–Kier alpha value is -1.73. The molecule has 1 amide bonds. The van der Waals surface area contributed by atoms with E-state index in [2.05, 4.69) is 15.3 Å². The summed E-state index contributed by atoms with van der Waals surface area (Å²) in [7, 11) is 1.64. The Morgan fingerprint density at radius 1 is 1.40 bits per heavy atom. The van der Waals surface area contributed by atoms with Crippen molar-refractivity contribution < 1.29 is 14.3 Å². The number of nitrogens with zero attached hydrogens (tertiary/aromatic N) is 3. The Kier molecular flexibility index (Phi) is 5.69. The van der Waals surface area contributed by atoms with E-state index in [0.717, 1.165) is 19.5 Å². The summed E-state index contributed by atoms with van der Waals surface area (Å²) in [6, 6.07) is 0. The molecule has 0 atom stereocenters. The number of hydrogen-bond donors (Lipinski definition) is 1. The first kappa shape index (κ1) is 14.7. The van der Waals surface area contributed by atoms with Crippen molar-refractivity contribution in [3.8, 4) is 0 Å². The molecule has 0 unspecified atom stereocenters. The molecule has 0 saturated carbocycles. The Labute approximate surface area is 118 Å². The Morgan fingerprint density at radius 2 is 2.10 bits per heavy atom. The number of nitrogens with one attached hydrogen (secondary N) is 1. The molecule has 0 radical (unpaired) electrons.